The SMILES string of the molecule is CC(C)Oc1ccc(-c2nc(-c3ccc(Cn4ccc(C(=O)O)n4)cc3Br)no2)cc1C#N.[NaH]. The van der Waals surface area contributed by atoms with E-state index in [-0.39, 0.29) is 47.2 Å². The number of carbonyl (C=O) groups is 1. The van der Waals surface area contributed by atoms with E-state index in [0.717, 1.165) is 15.6 Å². The Bertz CT molecular complexity index is 1380. The molecule has 34 heavy (non-hydrogen) atoms. The van der Waals surface area contributed by atoms with Gasteiger partial charge >= 0.3 is 35.5 Å². The molecule has 0 radical (unpaired) electrons. The molecule has 0 saturated heterocycles. The van der Waals surface area contributed by atoms with Crippen molar-refractivity contribution in [3.8, 4) is 34.7 Å². The second-order valence-corrected chi connectivity index (χ2v) is 8.28. The topological polar surface area (TPSA) is 127 Å². The van der Waals surface area contributed by atoms with Crippen molar-refractivity contribution in [2.75, 3.05) is 0 Å². The van der Waals surface area contributed by atoms with Gasteiger partial charge in [0, 0.05) is 21.8 Å². The summed E-state index contributed by atoms with van der Waals surface area (Å²) < 4.78 is 13.4. The van der Waals surface area contributed by atoms with Crippen molar-refractivity contribution in [1.29, 1.82) is 5.26 Å². The average Bonchev–Trinajstić information content (AvgIpc) is 3.44. The van der Waals surface area contributed by atoms with E-state index in [9.17, 15) is 10.1 Å². The first-order chi connectivity index (χ1) is 15.8. The Morgan fingerprint density at radius 3 is 2.71 bits per heavy atom. The number of ether oxygens (including phenoxy) is 1. The van der Waals surface area contributed by atoms with Crippen molar-refractivity contribution in [2.45, 2.75) is 26.5 Å². The molecule has 1 N–H and O–H groups in total. The standard InChI is InChI=1S/C23H18BrN5O4.Na.H/c1-13(2)32-20-6-4-15(10-16(20)11-25)22-26-21(28-33-22)17-5-3-14(9-18(17)24)12-29-8-7-19(27-29)23(30)31;;/h3-10,13H,12H2,1-2H3,(H,30,31);;. The Morgan fingerprint density at radius 2 is 2.06 bits per heavy atom. The van der Waals surface area contributed by atoms with Crippen molar-refractivity contribution in [2.24, 2.45) is 0 Å². The number of hydrogen-bond acceptors (Lipinski definition) is 7. The van der Waals surface area contributed by atoms with Gasteiger partial charge in [-0.3, -0.25) is 4.68 Å². The number of carboxylic acids is 1. The van der Waals surface area contributed by atoms with E-state index < -0.39 is 5.97 Å². The van der Waals surface area contributed by atoms with E-state index in [1.165, 1.54) is 6.07 Å². The Morgan fingerprint density at radius 1 is 1.26 bits per heavy atom. The monoisotopic (exact) mass is 531 g/mol. The molecule has 0 aliphatic carbocycles. The fraction of sp³-hybridized carbons (Fsp3) is 0.174. The summed E-state index contributed by atoms with van der Waals surface area (Å²) in [7, 11) is 0. The van der Waals surface area contributed by atoms with E-state index in [1.807, 2.05) is 32.0 Å². The van der Waals surface area contributed by atoms with Crippen LogP contribution in [0.4, 0.5) is 0 Å². The third-order valence-corrected chi connectivity index (χ3v) is 5.27. The molecular formula is C23H19BrN5NaO4. The van der Waals surface area contributed by atoms with Gasteiger partial charge in [0.15, 0.2) is 5.69 Å². The van der Waals surface area contributed by atoms with Crippen LogP contribution in [0.5, 0.6) is 5.75 Å². The molecule has 0 fully saturated rings. The predicted octanol–water partition coefficient (Wildman–Crippen LogP) is 4.12. The number of benzene rings is 2. The van der Waals surface area contributed by atoms with E-state index in [1.54, 1.807) is 29.1 Å². The number of halogens is 1. The molecule has 9 nitrogen and oxygen atoms in total. The molecule has 0 aliphatic rings. The maximum absolute atomic E-state index is 11.0. The van der Waals surface area contributed by atoms with E-state index in [2.05, 4.69) is 37.2 Å². The summed E-state index contributed by atoms with van der Waals surface area (Å²) in [4.78, 5) is 15.5. The number of rotatable bonds is 7. The van der Waals surface area contributed by atoms with Crippen molar-refractivity contribution in [1.82, 2.24) is 19.9 Å². The normalized spacial score (nSPS) is 10.6. The minimum absolute atomic E-state index is 0. The zero-order valence-corrected chi connectivity index (χ0v) is 19.3. The third kappa shape index (κ3) is 5.74. The molecule has 168 valence electrons. The summed E-state index contributed by atoms with van der Waals surface area (Å²) in [6, 6.07) is 14.3. The first-order valence-corrected chi connectivity index (χ1v) is 10.7. The Labute approximate surface area is 225 Å². The van der Waals surface area contributed by atoms with E-state index in [4.69, 9.17) is 14.4 Å². The van der Waals surface area contributed by atoms with Gasteiger partial charge in [0.25, 0.3) is 5.89 Å². The molecule has 2 aromatic heterocycles. The zero-order valence-electron chi connectivity index (χ0n) is 17.7. The number of carboxylic acid groups (broad SMARTS) is 1. The molecule has 0 bridgehead atoms. The Hall–Kier alpha value is -2.97. The van der Waals surface area contributed by atoms with Crippen molar-refractivity contribution in [3.05, 3.63) is 70.0 Å². The fourth-order valence-electron chi connectivity index (χ4n) is 3.15. The molecule has 2 heterocycles. The molecule has 0 saturated carbocycles. The van der Waals surface area contributed by atoms with Crippen molar-refractivity contribution >= 4 is 51.5 Å². The van der Waals surface area contributed by atoms with Crippen LogP contribution in [-0.2, 0) is 6.54 Å². The fourth-order valence-corrected chi connectivity index (χ4v) is 3.75. The van der Waals surface area contributed by atoms with E-state index >= 15 is 0 Å². The number of nitriles is 1. The zero-order chi connectivity index (χ0) is 23.5. The van der Waals surface area contributed by atoms with Crippen LogP contribution in [-0.4, -0.2) is 66.7 Å². The second kappa shape index (κ2) is 11.0. The first-order valence-electron chi connectivity index (χ1n) is 9.94. The van der Waals surface area contributed by atoms with Gasteiger partial charge in [-0.2, -0.15) is 15.3 Å². The van der Waals surface area contributed by atoms with Crippen LogP contribution in [0.1, 0.15) is 35.5 Å². The molecule has 0 spiro atoms. The summed E-state index contributed by atoms with van der Waals surface area (Å²) >= 11 is 3.54. The average molecular weight is 532 g/mol. The molecular weight excluding hydrogens is 513 g/mol. The van der Waals surface area contributed by atoms with Crippen LogP contribution in [0.2, 0.25) is 0 Å². The van der Waals surface area contributed by atoms with E-state index in [0.29, 0.717) is 29.2 Å². The van der Waals surface area contributed by atoms with Gasteiger partial charge < -0.3 is 14.4 Å². The summed E-state index contributed by atoms with van der Waals surface area (Å²) in [6.07, 6.45) is 1.56. The first kappa shape index (κ1) is 25.6. The van der Waals surface area contributed by atoms with Crippen molar-refractivity contribution < 1.29 is 19.2 Å². The molecule has 0 amide bonds. The molecule has 0 atom stereocenters. The van der Waals surface area contributed by atoms with Crippen LogP contribution in [0.25, 0.3) is 22.8 Å². The predicted molar refractivity (Wildman–Crippen MR) is 129 cm³/mol. The number of nitrogens with zero attached hydrogens (tertiary/aromatic N) is 5. The molecule has 4 rings (SSSR count). The van der Waals surface area contributed by atoms with Crippen LogP contribution in [0, 0.1) is 11.3 Å². The number of aromatic nitrogens is 4. The molecule has 2 aromatic carbocycles. The van der Waals surface area contributed by atoms with Gasteiger partial charge in [-0.1, -0.05) is 27.2 Å². The van der Waals surface area contributed by atoms with Crippen LogP contribution >= 0.6 is 15.9 Å². The van der Waals surface area contributed by atoms with Gasteiger partial charge in [-0.15, -0.1) is 0 Å². The maximum atomic E-state index is 11.0. The summed E-state index contributed by atoms with van der Waals surface area (Å²) in [5.41, 5.74) is 2.63. The van der Waals surface area contributed by atoms with Gasteiger partial charge in [0.2, 0.25) is 5.82 Å². The van der Waals surface area contributed by atoms with Gasteiger partial charge in [0.1, 0.15) is 11.8 Å². The second-order valence-electron chi connectivity index (χ2n) is 7.43. The van der Waals surface area contributed by atoms with Crippen molar-refractivity contribution in [3.63, 3.8) is 0 Å². The van der Waals surface area contributed by atoms with Crippen LogP contribution < -0.4 is 4.74 Å². The van der Waals surface area contributed by atoms with Crippen LogP contribution in [0.3, 0.4) is 0 Å². The van der Waals surface area contributed by atoms with Crippen LogP contribution in [0.15, 0.2) is 57.7 Å². The van der Waals surface area contributed by atoms with Gasteiger partial charge in [-0.05, 0) is 55.8 Å². The molecule has 11 heteroatoms. The summed E-state index contributed by atoms with van der Waals surface area (Å²) in [6.45, 7) is 4.20. The quantitative estimate of drug-likeness (QED) is 0.352. The number of hydrogen-bond donors (Lipinski definition) is 1. The van der Waals surface area contributed by atoms with Gasteiger partial charge in [0.05, 0.1) is 18.2 Å². The molecule has 0 aliphatic heterocycles. The molecule has 4 aromatic rings. The summed E-state index contributed by atoms with van der Waals surface area (Å²) in [5.74, 6) is 0.104. The Kier molecular flexibility index (Phi) is 8.28. The van der Waals surface area contributed by atoms with Gasteiger partial charge in [-0.25, -0.2) is 4.79 Å². The molecule has 0 unspecified atom stereocenters. The Balaban J connectivity index is 0.00000324. The minimum atomic E-state index is -1.07. The third-order valence-electron chi connectivity index (χ3n) is 4.61. The number of aromatic carboxylic acids is 1. The summed E-state index contributed by atoms with van der Waals surface area (Å²) in [5, 5.41) is 26.5.